The predicted molar refractivity (Wildman–Crippen MR) is 173 cm³/mol. The van der Waals surface area contributed by atoms with Gasteiger partial charge in [0, 0.05) is 19.5 Å². The van der Waals surface area contributed by atoms with E-state index in [4.69, 9.17) is 0 Å². The molecule has 238 valence electrons. The quantitative estimate of drug-likeness (QED) is 0.0945. The summed E-state index contributed by atoms with van der Waals surface area (Å²) in [6, 6.07) is 8.42. The van der Waals surface area contributed by atoms with E-state index in [-0.39, 0.29) is 43.8 Å². The second-order valence-corrected chi connectivity index (χ2v) is 24.5. The zero-order valence-electron chi connectivity index (χ0n) is 26.6. The van der Waals surface area contributed by atoms with Crippen LogP contribution in [0.5, 0.6) is 0 Å². The molecule has 0 radical (unpaired) electrons. The summed E-state index contributed by atoms with van der Waals surface area (Å²) < 4.78 is 5.54. The first-order valence-corrected chi connectivity index (χ1v) is 23.5. The number of nitrogens with zero attached hydrogens (tertiary/aromatic N) is 1. The van der Waals surface area contributed by atoms with E-state index in [2.05, 4.69) is 54.9 Å². The van der Waals surface area contributed by atoms with Crippen LogP contribution in [0.25, 0.3) is 0 Å². The minimum atomic E-state index is -2.63. The average molecular weight is 696 g/mol. The molecule has 0 fully saturated rings. The zero-order valence-corrected chi connectivity index (χ0v) is 29.4. The van der Waals surface area contributed by atoms with Crippen LogP contribution in [0, 0.1) is 0 Å². The van der Waals surface area contributed by atoms with Gasteiger partial charge in [-0.05, 0) is 7.05 Å². The molecule has 0 heterocycles. The van der Waals surface area contributed by atoms with Crippen LogP contribution >= 0.6 is 0 Å². The molecule has 9 nitrogen and oxygen atoms in total. The number of carbonyl (C=O) groups is 4. The summed E-state index contributed by atoms with van der Waals surface area (Å²) in [7, 11) is 1.76. The van der Waals surface area contributed by atoms with Crippen LogP contribution in [0.2, 0.25) is 13.3 Å². The first-order valence-electron chi connectivity index (χ1n) is 16.0. The van der Waals surface area contributed by atoms with Crippen molar-refractivity contribution in [2.75, 3.05) is 39.8 Å². The van der Waals surface area contributed by atoms with Gasteiger partial charge < -0.3 is 15.7 Å². The van der Waals surface area contributed by atoms with Crippen molar-refractivity contribution in [1.29, 1.82) is 0 Å². The molecule has 0 bridgehead atoms. The van der Waals surface area contributed by atoms with Crippen LogP contribution in [-0.2, 0) is 14.4 Å². The number of carboxylic acids is 1. The molecule has 1 aromatic rings. The Hall–Kier alpha value is -2.14. The molecule has 3 amide bonds. The van der Waals surface area contributed by atoms with Gasteiger partial charge in [-0.15, -0.1) is 0 Å². The van der Waals surface area contributed by atoms with E-state index in [0.29, 0.717) is 32.4 Å². The van der Waals surface area contributed by atoms with Crippen molar-refractivity contribution in [3.8, 4) is 0 Å². The number of hydrogen-bond donors (Lipinski definition) is 4. The fourth-order valence-corrected chi connectivity index (χ4v) is 21.4. The van der Waals surface area contributed by atoms with E-state index in [1.165, 1.54) is 60.3 Å². The normalized spacial score (nSPS) is 11.2. The monoisotopic (exact) mass is 696 g/mol. The third-order valence-corrected chi connectivity index (χ3v) is 23.5. The first kappa shape index (κ1) is 37.9. The summed E-state index contributed by atoms with van der Waals surface area (Å²) in [6.07, 6.45) is 9.00. The second kappa shape index (κ2) is 22.4. The molecule has 0 unspecified atom stereocenters. The van der Waals surface area contributed by atoms with Crippen LogP contribution in [0.4, 0.5) is 0 Å². The fourth-order valence-electron chi connectivity index (χ4n) is 5.32. The summed E-state index contributed by atoms with van der Waals surface area (Å²) in [4.78, 5) is 50.0. The number of hydrogen-bond acceptors (Lipinski definition) is 5. The van der Waals surface area contributed by atoms with Crippen LogP contribution in [-0.4, -0.2) is 91.8 Å². The molecule has 42 heavy (non-hydrogen) atoms. The number of unbranched alkanes of at least 4 members (excludes halogenated alkanes) is 4. The van der Waals surface area contributed by atoms with Gasteiger partial charge in [0.05, 0.1) is 0 Å². The van der Waals surface area contributed by atoms with E-state index in [9.17, 15) is 24.3 Å². The fraction of sp³-hybridized carbons (Fsp3) is 0.688. The molecule has 10 heteroatoms. The Balaban J connectivity index is 2.70. The van der Waals surface area contributed by atoms with E-state index in [0.717, 1.165) is 5.56 Å². The topological polar surface area (TPSA) is 128 Å². The van der Waals surface area contributed by atoms with Gasteiger partial charge >= 0.3 is 201 Å². The van der Waals surface area contributed by atoms with Crippen molar-refractivity contribution in [1.82, 2.24) is 20.9 Å². The van der Waals surface area contributed by atoms with E-state index < -0.39 is 24.3 Å². The molecule has 1 aromatic carbocycles. The van der Waals surface area contributed by atoms with E-state index >= 15 is 0 Å². The average Bonchev–Trinajstić information content (AvgIpc) is 2.98. The summed E-state index contributed by atoms with van der Waals surface area (Å²) in [5.41, 5.74) is 0.720. The number of carboxylic acid groups (broad SMARTS) is 1. The van der Waals surface area contributed by atoms with Crippen molar-refractivity contribution in [3.63, 3.8) is 0 Å². The number of amides is 3. The van der Waals surface area contributed by atoms with Gasteiger partial charge in [0.25, 0.3) is 0 Å². The number of nitrogens with one attached hydrogen (secondary N) is 3. The summed E-state index contributed by atoms with van der Waals surface area (Å²) in [5.74, 6) is -1.62. The first-order chi connectivity index (χ1) is 20.2. The van der Waals surface area contributed by atoms with Crippen molar-refractivity contribution < 1.29 is 24.3 Å². The molecule has 0 aliphatic heterocycles. The molecule has 4 N–H and O–H groups in total. The Bertz CT molecular complexity index is 937. The predicted octanol–water partition coefficient (Wildman–Crippen LogP) is 4.28. The van der Waals surface area contributed by atoms with Gasteiger partial charge in [-0.3, -0.25) is 9.59 Å². The maximum absolute atomic E-state index is 13.1. The molecular formula is C32H56N4O5Sn. The number of rotatable bonds is 24. The van der Waals surface area contributed by atoms with Crippen molar-refractivity contribution in [2.45, 2.75) is 98.3 Å². The van der Waals surface area contributed by atoms with Crippen LogP contribution in [0.3, 0.4) is 0 Å². The standard InChI is InChI=1S/C20H29N4O5.3C4H9.Sn/c1-21-12-9-17(25)22-13-10-18(26)24(15-19(27)28)14-6-5-11-23-20(29)16-7-3-2-4-8-16;3*1-3-4-2;/h2-3,7-8,21H,5-6,9-15H2,1H3,(H,22,25)(H,23,29)(H,27,28);3*1,3-4H2,2H3;. The zero-order chi connectivity index (χ0) is 31.2. The van der Waals surface area contributed by atoms with Crippen molar-refractivity contribution >= 4 is 45.6 Å². The third kappa shape index (κ3) is 14.8. The SMILES string of the molecule is CCC[CH2][Sn]([CH2]CCC)([CH2]CCC)[c]1cccc(C(=O)NCCCCN(CC(=O)O)C(=O)CCNC(=O)CCNC)c1. The molecule has 0 aliphatic rings. The van der Waals surface area contributed by atoms with Crippen molar-refractivity contribution in [3.05, 3.63) is 29.8 Å². The Kier molecular flexibility index (Phi) is 20.2. The molecule has 0 saturated heterocycles. The summed E-state index contributed by atoms with van der Waals surface area (Å²) in [5, 5.41) is 17.8. The van der Waals surface area contributed by atoms with Gasteiger partial charge in [0.1, 0.15) is 0 Å². The Morgan fingerprint density at radius 1 is 0.810 bits per heavy atom. The van der Waals surface area contributed by atoms with E-state index in [1.54, 1.807) is 7.05 Å². The summed E-state index contributed by atoms with van der Waals surface area (Å²) in [6.45, 7) is 7.88. The van der Waals surface area contributed by atoms with Gasteiger partial charge in [-0.2, -0.15) is 0 Å². The van der Waals surface area contributed by atoms with Crippen LogP contribution in [0.1, 0.15) is 95.3 Å². The van der Waals surface area contributed by atoms with Crippen LogP contribution < -0.4 is 19.5 Å². The number of carbonyl (C=O) groups excluding carboxylic acids is 3. The van der Waals surface area contributed by atoms with Gasteiger partial charge in [-0.25, -0.2) is 0 Å². The molecule has 0 aromatic heterocycles. The molecule has 0 spiro atoms. The number of aliphatic carboxylic acids is 1. The number of benzene rings is 1. The van der Waals surface area contributed by atoms with E-state index in [1.807, 2.05) is 6.07 Å². The van der Waals surface area contributed by atoms with Gasteiger partial charge in [-0.1, -0.05) is 0 Å². The second-order valence-electron chi connectivity index (χ2n) is 11.3. The Labute approximate surface area is 257 Å². The maximum atomic E-state index is 13.1. The minimum absolute atomic E-state index is 0.0485. The van der Waals surface area contributed by atoms with Crippen molar-refractivity contribution in [2.24, 2.45) is 0 Å². The van der Waals surface area contributed by atoms with Crippen LogP contribution in [0.15, 0.2) is 24.3 Å². The molecular weight excluding hydrogens is 639 g/mol. The molecule has 0 atom stereocenters. The summed E-state index contributed by atoms with van der Waals surface area (Å²) >= 11 is -2.63. The molecule has 1 rings (SSSR count). The molecule has 0 saturated carbocycles. The van der Waals surface area contributed by atoms with Gasteiger partial charge in [0.2, 0.25) is 5.91 Å². The van der Waals surface area contributed by atoms with Gasteiger partial charge in [0.15, 0.2) is 0 Å². The third-order valence-electron chi connectivity index (χ3n) is 7.85. The Morgan fingerprint density at radius 3 is 2.02 bits per heavy atom. The molecule has 0 aliphatic carbocycles. The Morgan fingerprint density at radius 2 is 1.45 bits per heavy atom.